The van der Waals surface area contributed by atoms with Gasteiger partial charge in [-0.05, 0) is 42.3 Å². The molecule has 3 rings (SSSR count). The van der Waals surface area contributed by atoms with Gasteiger partial charge < -0.3 is 19.5 Å². The van der Waals surface area contributed by atoms with Gasteiger partial charge in [0.2, 0.25) is 0 Å². The lowest BCUT2D eigenvalue weighted by Crippen LogP contribution is -2.49. The zero-order valence-corrected chi connectivity index (χ0v) is 13.8. The number of aliphatic hydroxyl groups excluding tert-OH is 1. The van der Waals surface area contributed by atoms with Crippen molar-refractivity contribution in [1.29, 1.82) is 0 Å². The Morgan fingerprint density at radius 3 is 2.67 bits per heavy atom. The minimum Gasteiger partial charge on any atom is -0.497 e. The van der Waals surface area contributed by atoms with E-state index in [1.54, 1.807) is 20.1 Å². The molecule has 0 saturated heterocycles. The van der Waals surface area contributed by atoms with E-state index in [0.29, 0.717) is 6.54 Å². The van der Waals surface area contributed by atoms with Crippen molar-refractivity contribution in [2.75, 3.05) is 18.6 Å². The summed E-state index contributed by atoms with van der Waals surface area (Å²) < 4.78 is 10.5. The van der Waals surface area contributed by atoms with E-state index in [1.165, 1.54) is 0 Å². The summed E-state index contributed by atoms with van der Waals surface area (Å²) in [5, 5.41) is 10.8. The minimum atomic E-state index is -0.959. The second kappa shape index (κ2) is 6.93. The highest BCUT2D eigenvalue weighted by atomic mass is 16.5. The van der Waals surface area contributed by atoms with Gasteiger partial charge in [0, 0.05) is 12.2 Å². The largest absolute Gasteiger partial charge is 0.497 e. The van der Waals surface area contributed by atoms with Gasteiger partial charge in [0.1, 0.15) is 11.9 Å². The molecule has 2 atom stereocenters. The number of ether oxygens (including phenoxy) is 2. The standard InChI is InChI=1S/C19H21NO4/c1-3-24-19(22)17-18(21)16-10-9-15(23-2)11-13(16)12-20(17)14-7-5-4-6-8-14/h4-11,17-18,21H,3,12H2,1-2H3. The third-order valence-corrected chi connectivity index (χ3v) is 4.26. The van der Waals surface area contributed by atoms with Crippen LogP contribution in [0.1, 0.15) is 24.2 Å². The van der Waals surface area contributed by atoms with Gasteiger partial charge in [-0.3, -0.25) is 0 Å². The summed E-state index contributed by atoms with van der Waals surface area (Å²) in [5.74, 6) is 0.305. The Balaban J connectivity index is 2.05. The van der Waals surface area contributed by atoms with E-state index in [-0.39, 0.29) is 6.61 Å². The summed E-state index contributed by atoms with van der Waals surface area (Å²) in [4.78, 5) is 14.4. The maximum absolute atomic E-state index is 12.5. The maximum Gasteiger partial charge on any atom is 0.331 e. The SMILES string of the molecule is CCOC(=O)C1C(O)c2ccc(OC)cc2CN1c1ccccc1. The molecule has 0 aromatic heterocycles. The van der Waals surface area contributed by atoms with E-state index >= 15 is 0 Å². The van der Waals surface area contributed by atoms with Crippen molar-refractivity contribution >= 4 is 11.7 Å². The lowest BCUT2D eigenvalue weighted by molar-refractivity contribution is -0.148. The van der Waals surface area contributed by atoms with Gasteiger partial charge in [0.15, 0.2) is 6.04 Å². The van der Waals surface area contributed by atoms with Crippen LogP contribution in [0, 0.1) is 0 Å². The third-order valence-electron chi connectivity index (χ3n) is 4.26. The average Bonchev–Trinajstić information content (AvgIpc) is 2.62. The van der Waals surface area contributed by atoms with Crippen molar-refractivity contribution in [1.82, 2.24) is 0 Å². The Labute approximate surface area is 141 Å². The molecular formula is C19H21NO4. The molecule has 1 aliphatic rings. The summed E-state index contributed by atoms with van der Waals surface area (Å²) >= 11 is 0. The van der Waals surface area contributed by atoms with Gasteiger partial charge in [-0.1, -0.05) is 24.3 Å². The number of methoxy groups -OCH3 is 1. The van der Waals surface area contributed by atoms with E-state index in [4.69, 9.17) is 9.47 Å². The molecule has 0 fully saturated rings. The summed E-state index contributed by atoms with van der Waals surface area (Å²) in [6.45, 7) is 2.54. The molecule has 126 valence electrons. The summed E-state index contributed by atoms with van der Waals surface area (Å²) in [7, 11) is 1.61. The molecule has 1 N–H and O–H groups in total. The monoisotopic (exact) mass is 327 g/mol. The first-order chi connectivity index (χ1) is 11.7. The number of rotatable bonds is 4. The first kappa shape index (κ1) is 16.3. The molecule has 0 amide bonds. The Bertz CT molecular complexity index is 717. The first-order valence-corrected chi connectivity index (χ1v) is 7.99. The number of para-hydroxylation sites is 1. The van der Waals surface area contributed by atoms with Crippen molar-refractivity contribution in [3.8, 4) is 5.75 Å². The Morgan fingerprint density at radius 2 is 2.00 bits per heavy atom. The van der Waals surface area contributed by atoms with E-state index in [9.17, 15) is 9.90 Å². The number of carbonyl (C=O) groups is 1. The number of hydrogen-bond donors (Lipinski definition) is 1. The maximum atomic E-state index is 12.5. The quantitative estimate of drug-likeness (QED) is 0.875. The van der Waals surface area contributed by atoms with Gasteiger partial charge >= 0.3 is 5.97 Å². The van der Waals surface area contributed by atoms with Crippen molar-refractivity contribution < 1.29 is 19.4 Å². The highest BCUT2D eigenvalue weighted by Gasteiger charge is 2.40. The fourth-order valence-electron chi connectivity index (χ4n) is 3.11. The van der Waals surface area contributed by atoms with Crippen LogP contribution in [0.4, 0.5) is 5.69 Å². The van der Waals surface area contributed by atoms with Crippen LogP contribution < -0.4 is 9.64 Å². The first-order valence-electron chi connectivity index (χ1n) is 7.99. The van der Waals surface area contributed by atoms with Crippen LogP contribution in [0.5, 0.6) is 5.75 Å². The molecule has 2 aromatic rings. The molecule has 1 heterocycles. The number of carbonyl (C=O) groups excluding carboxylic acids is 1. The van der Waals surface area contributed by atoms with E-state index < -0.39 is 18.1 Å². The fourth-order valence-corrected chi connectivity index (χ4v) is 3.11. The highest BCUT2D eigenvalue weighted by Crippen LogP contribution is 2.37. The van der Waals surface area contributed by atoms with E-state index in [2.05, 4.69) is 0 Å². The smallest absolute Gasteiger partial charge is 0.331 e. The molecule has 24 heavy (non-hydrogen) atoms. The second-order valence-corrected chi connectivity index (χ2v) is 5.67. The van der Waals surface area contributed by atoms with E-state index in [1.807, 2.05) is 47.4 Å². The highest BCUT2D eigenvalue weighted by molar-refractivity contribution is 5.82. The molecule has 5 nitrogen and oxygen atoms in total. The molecule has 2 unspecified atom stereocenters. The lowest BCUT2D eigenvalue weighted by Gasteiger charge is -2.40. The lowest BCUT2D eigenvalue weighted by atomic mass is 9.90. The molecule has 0 aliphatic carbocycles. The Kier molecular flexibility index (Phi) is 4.71. The van der Waals surface area contributed by atoms with Crippen molar-refractivity contribution in [2.24, 2.45) is 0 Å². The minimum absolute atomic E-state index is 0.278. The van der Waals surface area contributed by atoms with Crippen LogP contribution in [0.15, 0.2) is 48.5 Å². The van der Waals surface area contributed by atoms with Gasteiger partial charge in [0.05, 0.1) is 13.7 Å². The number of aliphatic hydroxyl groups is 1. The second-order valence-electron chi connectivity index (χ2n) is 5.67. The van der Waals surface area contributed by atoms with Gasteiger partial charge in [-0.2, -0.15) is 0 Å². The van der Waals surface area contributed by atoms with Crippen LogP contribution in [0.2, 0.25) is 0 Å². The molecule has 5 heteroatoms. The fraction of sp³-hybridized carbons (Fsp3) is 0.316. The number of hydrogen-bond acceptors (Lipinski definition) is 5. The van der Waals surface area contributed by atoms with Gasteiger partial charge in [-0.25, -0.2) is 4.79 Å². The van der Waals surface area contributed by atoms with Crippen molar-refractivity contribution in [3.63, 3.8) is 0 Å². The average molecular weight is 327 g/mol. The molecule has 0 saturated carbocycles. The molecule has 0 bridgehead atoms. The van der Waals surface area contributed by atoms with Crippen LogP contribution in [-0.2, 0) is 16.1 Å². The zero-order chi connectivity index (χ0) is 17.1. The molecule has 2 aromatic carbocycles. The Hall–Kier alpha value is -2.53. The van der Waals surface area contributed by atoms with E-state index in [0.717, 1.165) is 22.6 Å². The normalized spacial score (nSPS) is 19.5. The van der Waals surface area contributed by atoms with Crippen molar-refractivity contribution in [3.05, 3.63) is 59.7 Å². The van der Waals surface area contributed by atoms with Crippen molar-refractivity contribution in [2.45, 2.75) is 25.6 Å². The summed E-state index contributed by atoms with van der Waals surface area (Å²) in [6, 6.07) is 14.3. The van der Waals surface area contributed by atoms with Gasteiger partial charge in [0.25, 0.3) is 0 Å². The van der Waals surface area contributed by atoms with Crippen LogP contribution >= 0.6 is 0 Å². The summed E-state index contributed by atoms with van der Waals surface area (Å²) in [5.41, 5.74) is 2.54. The van der Waals surface area contributed by atoms with Crippen LogP contribution in [0.25, 0.3) is 0 Å². The molecule has 1 aliphatic heterocycles. The van der Waals surface area contributed by atoms with Crippen LogP contribution in [0.3, 0.4) is 0 Å². The topological polar surface area (TPSA) is 59.0 Å². The predicted molar refractivity (Wildman–Crippen MR) is 91.0 cm³/mol. The zero-order valence-electron chi connectivity index (χ0n) is 13.8. The van der Waals surface area contributed by atoms with Crippen LogP contribution in [-0.4, -0.2) is 30.8 Å². The molecule has 0 radical (unpaired) electrons. The summed E-state index contributed by atoms with van der Waals surface area (Å²) in [6.07, 6.45) is -0.959. The number of esters is 1. The van der Waals surface area contributed by atoms with Gasteiger partial charge in [-0.15, -0.1) is 0 Å². The Morgan fingerprint density at radius 1 is 1.25 bits per heavy atom. The number of benzene rings is 2. The predicted octanol–water partition coefficient (Wildman–Crippen LogP) is 2.68. The molecular weight excluding hydrogens is 306 g/mol. The number of fused-ring (bicyclic) bond motifs is 1. The molecule has 0 spiro atoms. The third kappa shape index (κ3) is 2.95. The number of nitrogens with zero attached hydrogens (tertiary/aromatic N) is 1. The number of anilines is 1.